The first-order valence-corrected chi connectivity index (χ1v) is 8.53. The molecule has 0 unspecified atom stereocenters. The minimum atomic E-state index is -0.693. The van der Waals surface area contributed by atoms with Crippen molar-refractivity contribution in [2.24, 2.45) is 0 Å². The molecule has 0 radical (unpaired) electrons. The van der Waals surface area contributed by atoms with Crippen molar-refractivity contribution in [3.63, 3.8) is 0 Å². The second-order valence-corrected chi connectivity index (χ2v) is 6.54. The van der Waals surface area contributed by atoms with Gasteiger partial charge in [-0.05, 0) is 47.5 Å². The van der Waals surface area contributed by atoms with E-state index in [1.807, 2.05) is 0 Å². The van der Waals surface area contributed by atoms with Gasteiger partial charge in [-0.15, -0.1) is 0 Å². The smallest absolute Gasteiger partial charge is 0.203 e. The summed E-state index contributed by atoms with van der Waals surface area (Å²) in [6.07, 6.45) is 0. The van der Waals surface area contributed by atoms with E-state index >= 15 is 0 Å². The Hall–Kier alpha value is -3.35. The molecule has 1 heterocycles. The van der Waals surface area contributed by atoms with Gasteiger partial charge in [0.05, 0.1) is 24.1 Å². The Labute approximate surface area is 157 Å². The van der Waals surface area contributed by atoms with E-state index in [-0.39, 0.29) is 18.7 Å². The van der Waals surface area contributed by atoms with E-state index in [9.17, 15) is 17.6 Å². The fraction of sp³-hybridized carbons (Fsp3) is 0.0952. The van der Waals surface area contributed by atoms with Crippen molar-refractivity contribution in [2.45, 2.75) is 13.1 Å². The molecule has 142 valence electrons. The summed E-state index contributed by atoms with van der Waals surface area (Å²) in [6, 6.07) is 13.6. The molecule has 3 nitrogen and oxygen atoms in total. The largest absolute Gasteiger partial charge is 0.306 e. The van der Waals surface area contributed by atoms with Gasteiger partial charge in [0.25, 0.3) is 0 Å². The van der Waals surface area contributed by atoms with Crippen LogP contribution in [0.25, 0.3) is 11.0 Å². The molecular formula is C21H15F4N3. The molecule has 0 spiro atoms. The van der Waals surface area contributed by atoms with E-state index in [1.165, 1.54) is 24.3 Å². The third kappa shape index (κ3) is 3.43. The lowest BCUT2D eigenvalue weighted by molar-refractivity contribution is 0.573. The van der Waals surface area contributed by atoms with Gasteiger partial charge >= 0.3 is 0 Å². The number of hydrogen-bond donors (Lipinski definition) is 1. The first-order valence-electron chi connectivity index (χ1n) is 8.53. The summed E-state index contributed by atoms with van der Waals surface area (Å²) >= 11 is 0. The van der Waals surface area contributed by atoms with Crippen molar-refractivity contribution in [3.05, 3.63) is 101 Å². The topological polar surface area (TPSA) is 33.7 Å². The first-order chi connectivity index (χ1) is 13.4. The van der Waals surface area contributed by atoms with Gasteiger partial charge in [0, 0.05) is 12.1 Å². The van der Waals surface area contributed by atoms with E-state index in [0.29, 0.717) is 22.2 Å². The Bertz CT molecular complexity index is 1110. The lowest BCUT2D eigenvalue weighted by atomic mass is 10.2. The van der Waals surface area contributed by atoms with Crippen LogP contribution in [-0.2, 0) is 13.1 Å². The van der Waals surface area contributed by atoms with Gasteiger partial charge in [-0.2, -0.15) is 0 Å². The molecule has 0 amide bonds. The van der Waals surface area contributed by atoms with E-state index < -0.39 is 23.3 Å². The lowest BCUT2D eigenvalue weighted by Gasteiger charge is -2.07. The van der Waals surface area contributed by atoms with Crippen LogP contribution in [0.1, 0.15) is 11.1 Å². The van der Waals surface area contributed by atoms with Gasteiger partial charge in [0.2, 0.25) is 5.62 Å². The second-order valence-electron chi connectivity index (χ2n) is 6.54. The van der Waals surface area contributed by atoms with Gasteiger partial charge in [0.1, 0.15) is 23.3 Å². The van der Waals surface area contributed by atoms with Gasteiger partial charge in [-0.1, -0.05) is 12.1 Å². The first kappa shape index (κ1) is 18.0. The molecule has 0 saturated heterocycles. The van der Waals surface area contributed by atoms with Crippen LogP contribution in [-0.4, -0.2) is 9.13 Å². The highest BCUT2D eigenvalue weighted by molar-refractivity contribution is 5.76. The highest BCUT2D eigenvalue weighted by Crippen LogP contribution is 2.18. The summed E-state index contributed by atoms with van der Waals surface area (Å²) in [6.45, 7) is 0.164. The molecule has 4 aromatic rings. The highest BCUT2D eigenvalue weighted by atomic mass is 19.1. The van der Waals surface area contributed by atoms with Crippen LogP contribution < -0.4 is 5.62 Å². The van der Waals surface area contributed by atoms with E-state index in [4.69, 9.17) is 5.41 Å². The predicted molar refractivity (Wildman–Crippen MR) is 96.7 cm³/mol. The maximum atomic E-state index is 13.5. The number of para-hydroxylation sites is 2. The Morgan fingerprint density at radius 3 is 1.32 bits per heavy atom. The number of halogens is 4. The quantitative estimate of drug-likeness (QED) is 0.499. The molecular weight excluding hydrogens is 370 g/mol. The van der Waals surface area contributed by atoms with E-state index in [2.05, 4.69) is 0 Å². The Morgan fingerprint density at radius 2 is 0.964 bits per heavy atom. The number of benzene rings is 3. The van der Waals surface area contributed by atoms with Crippen molar-refractivity contribution >= 4 is 11.0 Å². The van der Waals surface area contributed by atoms with Gasteiger partial charge in [0.15, 0.2) is 0 Å². The van der Waals surface area contributed by atoms with Crippen LogP contribution in [0.3, 0.4) is 0 Å². The van der Waals surface area contributed by atoms with Crippen molar-refractivity contribution in [1.82, 2.24) is 9.13 Å². The van der Waals surface area contributed by atoms with Crippen molar-refractivity contribution < 1.29 is 17.6 Å². The lowest BCUT2D eigenvalue weighted by Crippen LogP contribution is -2.25. The van der Waals surface area contributed by atoms with Crippen LogP contribution >= 0.6 is 0 Å². The van der Waals surface area contributed by atoms with Crippen molar-refractivity contribution in [2.75, 3.05) is 0 Å². The number of aromatic nitrogens is 2. The van der Waals surface area contributed by atoms with Crippen LogP contribution in [0.4, 0.5) is 17.6 Å². The monoisotopic (exact) mass is 385 g/mol. The fourth-order valence-electron chi connectivity index (χ4n) is 3.38. The SMILES string of the molecule is N=c1n(Cc2cc(F)cc(F)c2)c2ccccc2n1Cc1cc(F)cc(F)c1. The molecule has 4 rings (SSSR count). The Morgan fingerprint density at radius 1 is 0.607 bits per heavy atom. The van der Waals surface area contributed by atoms with Gasteiger partial charge in [-0.25, -0.2) is 17.6 Å². The number of rotatable bonds is 4. The molecule has 0 aliphatic rings. The molecule has 7 heteroatoms. The average molecular weight is 385 g/mol. The Kier molecular flexibility index (Phi) is 4.50. The van der Waals surface area contributed by atoms with Crippen molar-refractivity contribution in [3.8, 4) is 0 Å². The van der Waals surface area contributed by atoms with Gasteiger partial charge in [-0.3, -0.25) is 5.41 Å². The second kappa shape index (κ2) is 6.99. The molecule has 0 bridgehead atoms. The molecule has 0 fully saturated rings. The molecule has 28 heavy (non-hydrogen) atoms. The van der Waals surface area contributed by atoms with Crippen LogP contribution in [0.5, 0.6) is 0 Å². The van der Waals surface area contributed by atoms with Gasteiger partial charge < -0.3 is 9.13 Å². The summed E-state index contributed by atoms with van der Waals surface area (Å²) in [7, 11) is 0. The van der Waals surface area contributed by atoms with Crippen LogP contribution in [0, 0.1) is 28.7 Å². The number of hydrogen-bond acceptors (Lipinski definition) is 1. The number of nitrogens with zero attached hydrogens (tertiary/aromatic N) is 2. The maximum Gasteiger partial charge on any atom is 0.203 e. The standard InChI is InChI=1S/C21H15F4N3/c22-15-5-13(6-16(23)9-15)11-27-19-3-1-2-4-20(19)28(21(27)26)12-14-7-17(24)10-18(25)8-14/h1-10,26H,11-12H2. The minimum Gasteiger partial charge on any atom is -0.306 e. The molecule has 1 N–H and O–H groups in total. The summed E-state index contributed by atoms with van der Waals surface area (Å²) in [5.74, 6) is -2.77. The van der Waals surface area contributed by atoms with E-state index in [1.54, 1.807) is 33.4 Å². The third-order valence-corrected chi connectivity index (χ3v) is 4.50. The normalized spacial score (nSPS) is 11.3. The maximum absolute atomic E-state index is 13.5. The summed E-state index contributed by atoms with van der Waals surface area (Å²) in [4.78, 5) is 0. The number of imidazole rings is 1. The molecule has 0 aliphatic heterocycles. The average Bonchev–Trinajstić information content (AvgIpc) is 2.86. The molecule has 1 aromatic heterocycles. The third-order valence-electron chi connectivity index (χ3n) is 4.50. The Balaban J connectivity index is 1.82. The number of nitrogens with one attached hydrogen (secondary N) is 1. The zero-order valence-corrected chi connectivity index (χ0v) is 14.6. The summed E-state index contributed by atoms with van der Waals surface area (Å²) in [5.41, 5.74) is 2.14. The molecule has 0 saturated carbocycles. The van der Waals surface area contributed by atoms with Crippen LogP contribution in [0.2, 0.25) is 0 Å². The summed E-state index contributed by atoms with van der Waals surface area (Å²) < 4.78 is 57.4. The highest BCUT2D eigenvalue weighted by Gasteiger charge is 2.13. The van der Waals surface area contributed by atoms with E-state index in [0.717, 1.165) is 12.1 Å². The predicted octanol–water partition coefficient (Wildman–Crippen LogP) is 4.58. The zero-order valence-electron chi connectivity index (χ0n) is 14.6. The fourth-order valence-corrected chi connectivity index (χ4v) is 3.38. The summed E-state index contributed by atoms with van der Waals surface area (Å²) in [5, 5.41) is 8.54. The molecule has 0 aliphatic carbocycles. The molecule has 0 atom stereocenters. The van der Waals surface area contributed by atoms with Crippen LogP contribution in [0.15, 0.2) is 60.7 Å². The van der Waals surface area contributed by atoms with Crippen molar-refractivity contribution in [1.29, 1.82) is 5.41 Å². The molecule has 3 aromatic carbocycles. The zero-order chi connectivity index (χ0) is 19.8. The minimum absolute atomic E-state index is 0.0514. The number of fused-ring (bicyclic) bond motifs is 1.